The predicted octanol–water partition coefficient (Wildman–Crippen LogP) is 2.44. The molecule has 0 saturated carbocycles. The van der Waals surface area contributed by atoms with Gasteiger partial charge in [-0.05, 0) is 18.2 Å². The van der Waals surface area contributed by atoms with Crippen LogP contribution >= 0.6 is 0 Å². The summed E-state index contributed by atoms with van der Waals surface area (Å²) in [5.41, 5.74) is 2.29. The Morgan fingerprint density at radius 3 is 3.03 bits per heavy atom. The first-order valence-electron chi connectivity index (χ1n) is 9.62. The Bertz CT molecular complexity index is 1070. The molecule has 1 aliphatic heterocycles. The molecular weight excluding hydrogens is 382 g/mol. The summed E-state index contributed by atoms with van der Waals surface area (Å²) in [4.78, 5) is 10.9. The number of anilines is 1. The molecule has 1 aromatic carbocycles. The Morgan fingerprint density at radius 1 is 1.33 bits per heavy atom. The second kappa shape index (κ2) is 8.95. The van der Waals surface area contributed by atoms with Crippen LogP contribution in [0.5, 0.6) is 5.75 Å². The lowest BCUT2D eigenvalue weighted by molar-refractivity contribution is 0.0909. The van der Waals surface area contributed by atoms with Crippen LogP contribution in [-0.4, -0.2) is 65.8 Å². The highest BCUT2D eigenvalue weighted by atomic mass is 16.5. The average Bonchev–Trinajstić information content (AvgIpc) is 3.22. The van der Waals surface area contributed by atoms with Gasteiger partial charge in [0.25, 0.3) is 0 Å². The topological polar surface area (TPSA) is 85.4 Å². The predicted molar refractivity (Wildman–Crippen MR) is 114 cm³/mol. The summed E-state index contributed by atoms with van der Waals surface area (Å²) in [6.45, 7) is 5.85. The quantitative estimate of drug-likeness (QED) is 0.367. The molecule has 0 aliphatic carbocycles. The number of H-pyrrole nitrogens is 1. The first kappa shape index (κ1) is 19.9. The highest BCUT2D eigenvalue weighted by Gasteiger charge is 2.30. The number of terminal acetylenes is 1. The van der Waals surface area contributed by atoms with E-state index in [1.807, 2.05) is 35.2 Å². The normalized spacial score (nSPS) is 18.9. The number of nitrogens with one attached hydrogen (secondary N) is 1. The van der Waals surface area contributed by atoms with E-state index >= 15 is 0 Å². The van der Waals surface area contributed by atoms with E-state index in [2.05, 4.69) is 32.7 Å². The second-order valence-electron chi connectivity index (χ2n) is 6.81. The third-order valence-electron chi connectivity index (χ3n) is 4.97. The number of aromatic nitrogens is 4. The molecule has 1 N–H and O–H groups in total. The van der Waals surface area contributed by atoms with Gasteiger partial charge in [0, 0.05) is 18.6 Å². The molecule has 0 radical (unpaired) electrons. The third-order valence-corrected chi connectivity index (χ3v) is 4.97. The maximum atomic E-state index is 5.74. The van der Waals surface area contributed by atoms with Crippen LogP contribution in [0, 0.1) is 12.3 Å². The molecule has 0 amide bonds. The number of rotatable bonds is 7. The van der Waals surface area contributed by atoms with E-state index in [0.29, 0.717) is 43.6 Å². The largest absolute Gasteiger partial charge is 0.491 e. The van der Waals surface area contributed by atoms with Gasteiger partial charge in [0.1, 0.15) is 36.2 Å². The fourth-order valence-electron chi connectivity index (χ4n) is 3.47. The van der Waals surface area contributed by atoms with Gasteiger partial charge in [-0.25, -0.2) is 9.97 Å². The van der Waals surface area contributed by atoms with E-state index in [1.165, 1.54) is 6.33 Å². The van der Waals surface area contributed by atoms with Crippen molar-refractivity contribution in [2.75, 3.05) is 38.4 Å². The van der Waals surface area contributed by atoms with Crippen molar-refractivity contribution in [3.05, 3.63) is 43.2 Å². The van der Waals surface area contributed by atoms with E-state index in [0.717, 1.165) is 16.7 Å². The van der Waals surface area contributed by atoms with Crippen LogP contribution in [-0.2, 0) is 9.47 Å². The maximum absolute atomic E-state index is 5.74. The number of fused-ring (bicyclic) bond motifs is 1. The SMILES string of the molecule is C#C[C@H]1COC[C@@H](C=C)N1c1cc(-c2n[nH]c3ccc(OCCOC)cc23)ncn1. The van der Waals surface area contributed by atoms with Crippen LogP contribution in [0.4, 0.5) is 5.82 Å². The number of benzene rings is 1. The molecule has 0 unspecified atom stereocenters. The number of hydrogen-bond donors (Lipinski definition) is 1. The summed E-state index contributed by atoms with van der Waals surface area (Å²) >= 11 is 0. The van der Waals surface area contributed by atoms with Crippen LogP contribution in [0.15, 0.2) is 43.2 Å². The van der Waals surface area contributed by atoms with Crippen molar-refractivity contribution >= 4 is 16.7 Å². The van der Waals surface area contributed by atoms with Gasteiger partial charge < -0.3 is 19.1 Å². The van der Waals surface area contributed by atoms with Crippen LogP contribution < -0.4 is 9.64 Å². The molecule has 1 aliphatic rings. The van der Waals surface area contributed by atoms with E-state index in [4.69, 9.17) is 20.6 Å². The molecule has 3 heterocycles. The number of hydrogen-bond acceptors (Lipinski definition) is 7. The lowest BCUT2D eigenvalue weighted by Crippen LogP contribution is -2.51. The molecule has 8 heteroatoms. The van der Waals surface area contributed by atoms with Crippen LogP contribution in [0.25, 0.3) is 22.3 Å². The third kappa shape index (κ3) is 3.85. The fraction of sp³-hybridized carbons (Fsp3) is 0.318. The Balaban J connectivity index is 1.70. The van der Waals surface area contributed by atoms with E-state index < -0.39 is 0 Å². The highest BCUT2D eigenvalue weighted by molar-refractivity contribution is 5.93. The van der Waals surface area contributed by atoms with E-state index in [-0.39, 0.29) is 12.1 Å². The number of ether oxygens (including phenoxy) is 3. The van der Waals surface area contributed by atoms with Gasteiger partial charge in [-0.3, -0.25) is 5.10 Å². The van der Waals surface area contributed by atoms with E-state index in [1.54, 1.807) is 7.11 Å². The lowest BCUT2D eigenvalue weighted by Gasteiger charge is -2.39. The zero-order valence-electron chi connectivity index (χ0n) is 16.7. The molecule has 30 heavy (non-hydrogen) atoms. The van der Waals surface area contributed by atoms with Crippen molar-refractivity contribution in [2.24, 2.45) is 0 Å². The molecule has 4 rings (SSSR count). The number of aromatic amines is 1. The molecule has 2 aromatic heterocycles. The van der Waals surface area contributed by atoms with Crippen molar-refractivity contribution in [2.45, 2.75) is 12.1 Å². The Labute approximate surface area is 174 Å². The maximum Gasteiger partial charge on any atom is 0.134 e. The van der Waals surface area contributed by atoms with Gasteiger partial charge in [-0.2, -0.15) is 5.10 Å². The average molecular weight is 405 g/mol. The first-order valence-corrected chi connectivity index (χ1v) is 9.62. The molecule has 0 spiro atoms. The summed E-state index contributed by atoms with van der Waals surface area (Å²) in [6, 6.07) is 7.35. The van der Waals surface area contributed by atoms with Crippen molar-refractivity contribution in [1.29, 1.82) is 0 Å². The molecule has 2 atom stereocenters. The molecule has 1 saturated heterocycles. The lowest BCUT2D eigenvalue weighted by atomic mass is 10.1. The number of morpholine rings is 1. The van der Waals surface area contributed by atoms with Crippen molar-refractivity contribution in [3.63, 3.8) is 0 Å². The minimum atomic E-state index is -0.235. The van der Waals surface area contributed by atoms with Gasteiger partial charge >= 0.3 is 0 Å². The summed E-state index contributed by atoms with van der Waals surface area (Å²) < 4.78 is 16.4. The molecule has 3 aromatic rings. The zero-order valence-corrected chi connectivity index (χ0v) is 16.7. The Hall–Kier alpha value is -3.41. The van der Waals surface area contributed by atoms with Crippen molar-refractivity contribution in [1.82, 2.24) is 20.2 Å². The minimum absolute atomic E-state index is 0.0701. The molecule has 154 valence electrons. The summed E-state index contributed by atoms with van der Waals surface area (Å²) in [5.74, 6) is 4.22. The van der Waals surface area contributed by atoms with Crippen LogP contribution in [0.3, 0.4) is 0 Å². The Kier molecular flexibility index (Phi) is 5.93. The fourth-order valence-corrected chi connectivity index (χ4v) is 3.47. The van der Waals surface area contributed by atoms with E-state index in [9.17, 15) is 0 Å². The van der Waals surface area contributed by atoms with Crippen molar-refractivity contribution in [3.8, 4) is 29.5 Å². The van der Waals surface area contributed by atoms with Gasteiger partial charge in [-0.1, -0.05) is 12.0 Å². The monoisotopic (exact) mass is 405 g/mol. The smallest absolute Gasteiger partial charge is 0.134 e. The summed E-state index contributed by atoms with van der Waals surface area (Å²) in [6.07, 6.45) is 9.07. The zero-order chi connectivity index (χ0) is 20.9. The molecule has 0 bridgehead atoms. The highest BCUT2D eigenvalue weighted by Crippen LogP contribution is 2.31. The van der Waals surface area contributed by atoms with Gasteiger partial charge in [0.2, 0.25) is 0 Å². The second-order valence-corrected chi connectivity index (χ2v) is 6.81. The first-order chi connectivity index (χ1) is 14.7. The molecular formula is C22H23N5O3. The van der Waals surface area contributed by atoms with Crippen LogP contribution in [0.2, 0.25) is 0 Å². The number of methoxy groups -OCH3 is 1. The number of nitrogens with zero attached hydrogens (tertiary/aromatic N) is 4. The Morgan fingerprint density at radius 2 is 2.23 bits per heavy atom. The van der Waals surface area contributed by atoms with Gasteiger partial charge in [0.15, 0.2) is 0 Å². The summed E-state index contributed by atoms with van der Waals surface area (Å²) in [7, 11) is 1.64. The van der Waals surface area contributed by atoms with Gasteiger partial charge in [-0.15, -0.1) is 13.0 Å². The summed E-state index contributed by atoms with van der Waals surface area (Å²) in [5, 5.41) is 8.42. The van der Waals surface area contributed by atoms with Gasteiger partial charge in [0.05, 0.1) is 37.1 Å². The van der Waals surface area contributed by atoms with Crippen molar-refractivity contribution < 1.29 is 14.2 Å². The standard InChI is InChI=1S/C22H23N5O3/c1-4-15-12-29-13-16(5-2)27(15)21-11-20(23-14-24-21)22-18-10-17(30-9-8-28-3)6-7-19(18)25-26-22/h1,5-7,10-11,14-16H,2,8-9,12-13H2,3H3,(H,25,26)/t15-,16+/m0/s1. The molecule has 8 nitrogen and oxygen atoms in total. The molecule has 1 fully saturated rings. The van der Waals surface area contributed by atoms with Crippen LogP contribution in [0.1, 0.15) is 0 Å². The minimum Gasteiger partial charge on any atom is -0.491 e.